The second kappa shape index (κ2) is 3.95. The number of hydrogen-bond acceptors (Lipinski definition) is 3. The Morgan fingerprint density at radius 1 is 1.50 bits per heavy atom. The van der Waals surface area contributed by atoms with Crippen LogP contribution in [0, 0.1) is 5.92 Å². The molecule has 0 radical (unpaired) electrons. The van der Waals surface area contributed by atoms with Gasteiger partial charge >= 0.3 is 0 Å². The second-order valence-corrected chi connectivity index (χ2v) is 5.13. The van der Waals surface area contributed by atoms with Crippen LogP contribution < -0.4 is 5.73 Å². The third-order valence-electron chi connectivity index (χ3n) is 2.47. The van der Waals surface area contributed by atoms with Crippen molar-refractivity contribution < 1.29 is 0 Å². The number of nitrogens with two attached hydrogens (primary N) is 1. The number of nitrogens with zero attached hydrogens (tertiary/aromatic N) is 2. The Balaban J connectivity index is 2.32. The van der Waals surface area contributed by atoms with E-state index in [1.807, 2.05) is 11.8 Å². The van der Waals surface area contributed by atoms with Gasteiger partial charge in [-0.3, -0.25) is 4.68 Å². The molecule has 0 aromatic carbocycles. The lowest BCUT2D eigenvalue weighted by atomic mass is 10.2. The first-order valence-electron chi connectivity index (χ1n) is 5.07. The normalized spacial score (nSPS) is 15.1. The van der Waals surface area contributed by atoms with Gasteiger partial charge in [-0.15, -0.1) is 0 Å². The van der Waals surface area contributed by atoms with E-state index in [4.69, 9.17) is 5.73 Å². The third kappa shape index (κ3) is 1.68. The summed E-state index contributed by atoms with van der Waals surface area (Å²) in [5.74, 6) is 2.85. The van der Waals surface area contributed by atoms with E-state index in [1.54, 1.807) is 0 Å². The summed E-state index contributed by atoms with van der Waals surface area (Å²) in [4.78, 5) is 0. The van der Waals surface area contributed by atoms with Crippen molar-refractivity contribution in [1.29, 1.82) is 0 Å². The Morgan fingerprint density at radius 2 is 2.29 bits per heavy atom. The first kappa shape index (κ1) is 10.1. The lowest BCUT2D eigenvalue weighted by Crippen LogP contribution is -2.09. The Hall–Kier alpha value is -0.480. The summed E-state index contributed by atoms with van der Waals surface area (Å²) in [6, 6.07) is 0. The minimum absolute atomic E-state index is 0.577. The molecule has 0 spiro atoms. The van der Waals surface area contributed by atoms with Gasteiger partial charge in [0.2, 0.25) is 0 Å². The molecular weight excluding hydrogens is 194 g/mol. The molecule has 2 rings (SSSR count). The maximum Gasteiger partial charge on any atom is 0.0803 e. The van der Waals surface area contributed by atoms with Crippen LogP contribution in [0.1, 0.15) is 30.8 Å². The molecule has 0 amide bonds. The molecule has 1 aliphatic heterocycles. The van der Waals surface area contributed by atoms with Crippen molar-refractivity contribution in [2.45, 2.75) is 38.4 Å². The zero-order valence-corrected chi connectivity index (χ0v) is 9.60. The number of hydrogen-bond donors (Lipinski definition) is 1. The highest BCUT2D eigenvalue weighted by atomic mass is 32.2. The Morgan fingerprint density at radius 3 is 2.93 bits per heavy atom. The monoisotopic (exact) mass is 211 g/mol. The number of aromatic nitrogens is 2. The van der Waals surface area contributed by atoms with Crippen LogP contribution in [0.3, 0.4) is 0 Å². The third-order valence-corrected chi connectivity index (χ3v) is 3.44. The van der Waals surface area contributed by atoms with Crippen LogP contribution in [0.2, 0.25) is 0 Å². The highest BCUT2D eigenvalue weighted by Crippen LogP contribution is 2.32. The van der Waals surface area contributed by atoms with Gasteiger partial charge in [-0.1, -0.05) is 13.8 Å². The van der Waals surface area contributed by atoms with Crippen LogP contribution in [0.5, 0.6) is 0 Å². The maximum absolute atomic E-state index is 5.68. The Kier molecular flexibility index (Phi) is 2.83. The molecule has 0 fully saturated rings. The van der Waals surface area contributed by atoms with Crippen LogP contribution in [-0.4, -0.2) is 9.78 Å². The zero-order chi connectivity index (χ0) is 10.1. The smallest absolute Gasteiger partial charge is 0.0803 e. The van der Waals surface area contributed by atoms with E-state index in [2.05, 4.69) is 23.6 Å². The molecule has 2 N–H and O–H groups in total. The van der Waals surface area contributed by atoms with E-state index in [0.29, 0.717) is 12.5 Å². The lowest BCUT2D eigenvalue weighted by Gasteiger charge is -2.07. The van der Waals surface area contributed by atoms with E-state index in [9.17, 15) is 0 Å². The molecule has 0 unspecified atom stereocenters. The fourth-order valence-electron chi connectivity index (χ4n) is 1.83. The van der Waals surface area contributed by atoms with Gasteiger partial charge in [0.25, 0.3) is 0 Å². The maximum atomic E-state index is 5.68. The highest BCUT2D eigenvalue weighted by molar-refractivity contribution is 7.98. The van der Waals surface area contributed by atoms with Gasteiger partial charge in [-0.2, -0.15) is 16.9 Å². The number of rotatable bonds is 3. The van der Waals surface area contributed by atoms with E-state index < -0.39 is 0 Å². The van der Waals surface area contributed by atoms with Gasteiger partial charge in [0.1, 0.15) is 0 Å². The first-order valence-corrected chi connectivity index (χ1v) is 6.23. The molecule has 2 heterocycles. The van der Waals surface area contributed by atoms with Gasteiger partial charge in [-0.25, -0.2) is 0 Å². The SMILES string of the molecule is CC(C)Cn1nc(CN)c2c1CSC2. The second-order valence-electron chi connectivity index (χ2n) is 4.14. The summed E-state index contributed by atoms with van der Waals surface area (Å²) in [7, 11) is 0. The Labute approximate surface area is 89.1 Å². The molecule has 0 saturated heterocycles. The lowest BCUT2D eigenvalue weighted by molar-refractivity contribution is 0.471. The average Bonchev–Trinajstić information content (AvgIpc) is 2.67. The standard InChI is InChI=1S/C10H17N3S/c1-7(2)4-13-10-6-14-5-8(10)9(3-11)12-13/h7H,3-6,11H2,1-2H3. The van der Waals surface area contributed by atoms with Crippen molar-refractivity contribution >= 4 is 11.8 Å². The molecule has 0 aliphatic carbocycles. The van der Waals surface area contributed by atoms with E-state index in [0.717, 1.165) is 23.7 Å². The summed E-state index contributed by atoms with van der Waals surface area (Å²) in [6.45, 7) is 6.04. The highest BCUT2D eigenvalue weighted by Gasteiger charge is 2.21. The van der Waals surface area contributed by atoms with Crippen LogP contribution in [0.4, 0.5) is 0 Å². The van der Waals surface area contributed by atoms with Gasteiger partial charge in [0.15, 0.2) is 0 Å². The van der Waals surface area contributed by atoms with Crippen LogP contribution in [-0.2, 0) is 24.6 Å². The number of thioether (sulfide) groups is 1. The molecule has 1 aromatic heterocycles. The summed E-state index contributed by atoms with van der Waals surface area (Å²) in [5, 5.41) is 4.57. The fourth-order valence-corrected chi connectivity index (χ4v) is 2.98. The molecular formula is C10H17N3S. The van der Waals surface area contributed by atoms with Crippen molar-refractivity contribution in [3.05, 3.63) is 17.0 Å². The first-order chi connectivity index (χ1) is 6.72. The van der Waals surface area contributed by atoms with Crippen LogP contribution >= 0.6 is 11.8 Å². The van der Waals surface area contributed by atoms with Crippen molar-refractivity contribution in [2.75, 3.05) is 0 Å². The summed E-state index contributed by atoms with van der Waals surface area (Å²) in [5.41, 5.74) is 9.59. The molecule has 1 aromatic rings. The van der Waals surface area contributed by atoms with E-state index >= 15 is 0 Å². The van der Waals surface area contributed by atoms with Crippen molar-refractivity contribution in [3.63, 3.8) is 0 Å². The van der Waals surface area contributed by atoms with Crippen molar-refractivity contribution in [2.24, 2.45) is 11.7 Å². The predicted octanol–water partition coefficient (Wildman–Crippen LogP) is 1.74. The minimum Gasteiger partial charge on any atom is -0.325 e. The van der Waals surface area contributed by atoms with Crippen molar-refractivity contribution in [1.82, 2.24) is 9.78 Å². The number of fused-ring (bicyclic) bond motifs is 1. The fraction of sp³-hybridized carbons (Fsp3) is 0.700. The molecule has 1 aliphatic rings. The Bertz CT molecular complexity index is 330. The summed E-state index contributed by atoms with van der Waals surface area (Å²) in [6.07, 6.45) is 0. The zero-order valence-electron chi connectivity index (χ0n) is 8.79. The van der Waals surface area contributed by atoms with E-state index in [-0.39, 0.29) is 0 Å². The molecule has 0 atom stereocenters. The van der Waals surface area contributed by atoms with Gasteiger partial charge in [0, 0.05) is 30.2 Å². The van der Waals surface area contributed by atoms with Crippen LogP contribution in [0.15, 0.2) is 0 Å². The minimum atomic E-state index is 0.577. The largest absolute Gasteiger partial charge is 0.325 e. The van der Waals surface area contributed by atoms with Gasteiger partial charge in [-0.05, 0) is 5.92 Å². The average molecular weight is 211 g/mol. The molecule has 0 bridgehead atoms. The summed E-state index contributed by atoms with van der Waals surface area (Å²) >= 11 is 1.96. The van der Waals surface area contributed by atoms with E-state index in [1.165, 1.54) is 11.3 Å². The molecule has 3 nitrogen and oxygen atoms in total. The summed E-state index contributed by atoms with van der Waals surface area (Å²) < 4.78 is 2.15. The van der Waals surface area contributed by atoms with Crippen LogP contribution in [0.25, 0.3) is 0 Å². The molecule has 78 valence electrons. The van der Waals surface area contributed by atoms with Crippen molar-refractivity contribution in [3.8, 4) is 0 Å². The molecule has 4 heteroatoms. The topological polar surface area (TPSA) is 43.8 Å². The van der Waals surface area contributed by atoms with Gasteiger partial charge < -0.3 is 5.73 Å². The predicted molar refractivity (Wildman–Crippen MR) is 60.0 cm³/mol. The molecule has 0 saturated carbocycles. The molecule has 14 heavy (non-hydrogen) atoms. The quantitative estimate of drug-likeness (QED) is 0.828. The van der Waals surface area contributed by atoms with Gasteiger partial charge in [0.05, 0.1) is 11.4 Å².